The number of carbonyl (C=O) groups is 2. The number of carboxylic acid groups (broad SMARTS) is 1. The lowest BCUT2D eigenvalue weighted by atomic mass is 10.2. The molecule has 24 heavy (non-hydrogen) atoms. The van der Waals surface area contributed by atoms with Crippen LogP contribution < -0.4 is 4.72 Å². The minimum Gasteiger partial charge on any atom is -0.480 e. The smallest absolute Gasteiger partial charge is 0.326 e. The molecule has 0 heterocycles. The van der Waals surface area contributed by atoms with Gasteiger partial charge < -0.3 is 10.0 Å². The van der Waals surface area contributed by atoms with Crippen LogP contribution in [-0.4, -0.2) is 54.9 Å². The molecule has 0 radical (unpaired) electrons. The molecule has 0 aromatic heterocycles. The van der Waals surface area contributed by atoms with Crippen molar-refractivity contribution < 1.29 is 28.0 Å². The maximum Gasteiger partial charge on any atom is 0.326 e. The Morgan fingerprint density at radius 1 is 1.33 bits per heavy atom. The molecular weight excluding hydrogens is 342 g/mol. The Morgan fingerprint density at radius 3 is 2.33 bits per heavy atom. The van der Waals surface area contributed by atoms with Gasteiger partial charge in [0.1, 0.15) is 6.04 Å². The van der Waals surface area contributed by atoms with Gasteiger partial charge in [-0.25, -0.2) is 17.9 Å². The van der Waals surface area contributed by atoms with Crippen LogP contribution in [0.4, 0.5) is 5.69 Å². The van der Waals surface area contributed by atoms with Crippen molar-refractivity contribution in [1.82, 2.24) is 9.62 Å². The minimum absolute atomic E-state index is 0.173. The Labute approximate surface area is 138 Å². The second-order valence-corrected chi connectivity index (χ2v) is 6.68. The third kappa shape index (κ3) is 4.99. The number of benzene rings is 1. The predicted octanol–water partition coefficient (Wildman–Crippen LogP) is 0.195. The summed E-state index contributed by atoms with van der Waals surface area (Å²) in [5.74, 6) is -1.70. The topological polar surface area (TPSA) is 147 Å². The molecule has 10 nitrogen and oxygen atoms in total. The fraction of sp³-hybridized carbons (Fsp3) is 0.385. The van der Waals surface area contributed by atoms with E-state index in [-0.39, 0.29) is 23.5 Å². The number of rotatable bonds is 8. The summed E-state index contributed by atoms with van der Waals surface area (Å²) in [6, 6.07) is 3.26. The zero-order valence-corrected chi connectivity index (χ0v) is 13.8. The van der Waals surface area contributed by atoms with E-state index in [0.29, 0.717) is 0 Å². The highest BCUT2D eigenvalue weighted by molar-refractivity contribution is 7.89. The number of hydrogen-bond acceptors (Lipinski definition) is 6. The van der Waals surface area contributed by atoms with Crippen molar-refractivity contribution in [2.24, 2.45) is 0 Å². The molecule has 0 saturated carbocycles. The Morgan fingerprint density at radius 2 is 1.88 bits per heavy atom. The number of likely N-dealkylation sites (N-methyl/N-ethyl adjacent to an activating group) is 1. The molecule has 1 unspecified atom stereocenters. The van der Waals surface area contributed by atoms with Gasteiger partial charge in [0, 0.05) is 32.1 Å². The van der Waals surface area contributed by atoms with Crippen molar-refractivity contribution in [3.8, 4) is 0 Å². The maximum absolute atomic E-state index is 12.0. The summed E-state index contributed by atoms with van der Waals surface area (Å²) in [5, 5.41) is 19.3. The molecule has 11 heteroatoms. The van der Waals surface area contributed by atoms with E-state index in [9.17, 15) is 28.1 Å². The minimum atomic E-state index is -3.92. The summed E-state index contributed by atoms with van der Waals surface area (Å²) in [7, 11) is -2.61. The van der Waals surface area contributed by atoms with Crippen LogP contribution in [0.3, 0.4) is 0 Å². The summed E-state index contributed by atoms with van der Waals surface area (Å²) in [4.78, 5) is 33.3. The first kappa shape index (κ1) is 19.5. The Kier molecular flexibility index (Phi) is 6.37. The quantitative estimate of drug-likeness (QED) is 0.497. The summed E-state index contributed by atoms with van der Waals surface area (Å²) in [6.45, 7) is 1.11. The maximum atomic E-state index is 12.0. The number of nitrogens with one attached hydrogen (secondary N) is 1. The highest BCUT2D eigenvalue weighted by Gasteiger charge is 2.22. The number of non-ortho nitro benzene ring substituents is 1. The third-order valence-electron chi connectivity index (χ3n) is 3.32. The fourth-order valence-electron chi connectivity index (χ4n) is 1.68. The fourth-order valence-corrected chi connectivity index (χ4v) is 2.71. The molecule has 1 atom stereocenters. The normalized spacial score (nSPS) is 12.4. The van der Waals surface area contributed by atoms with E-state index in [1.807, 2.05) is 0 Å². The monoisotopic (exact) mass is 359 g/mol. The highest BCUT2D eigenvalue weighted by atomic mass is 32.2. The molecule has 0 saturated heterocycles. The number of sulfonamides is 1. The first-order chi connectivity index (χ1) is 11.1. The lowest BCUT2D eigenvalue weighted by Gasteiger charge is -2.21. The molecule has 0 spiro atoms. The number of nitro groups is 1. The lowest BCUT2D eigenvalue weighted by molar-refractivity contribution is -0.384. The van der Waals surface area contributed by atoms with Crippen LogP contribution in [0, 0.1) is 10.1 Å². The molecule has 132 valence electrons. The van der Waals surface area contributed by atoms with Crippen LogP contribution in [0.2, 0.25) is 0 Å². The van der Waals surface area contributed by atoms with Crippen LogP contribution in [0.15, 0.2) is 29.2 Å². The van der Waals surface area contributed by atoms with Gasteiger partial charge in [-0.15, -0.1) is 0 Å². The van der Waals surface area contributed by atoms with Gasteiger partial charge >= 0.3 is 5.97 Å². The summed E-state index contributed by atoms with van der Waals surface area (Å²) >= 11 is 0. The summed E-state index contributed by atoms with van der Waals surface area (Å²) < 4.78 is 26.2. The zero-order chi connectivity index (χ0) is 18.5. The molecule has 0 fully saturated rings. The van der Waals surface area contributed by atoms with Crippen LogP contribution in [0.1, 0.15) is 13.3 Å². The van der Waals surface area contributed by atoms with Crippen LogP contribution in [-0.2, 0) is 19.6 Å². The van der Waals surface area contributed by atoms with E-state index in [0.717, 1.165) is 29.2 Å². The number of nitro benzene ring substituents is 1. The lowest BCUT2D eigenvalue weighted by Crippen LogP contribution is -2.41. The molecule has 1 amide bonds. The van der Waals surface area contributed by atoms with E-state index in [2.05, 4.69) is 4.72 Å². The average Bonchev–Trinajstić information content (AvgIpc) is 2.53. The first-order valence-electron chi connectivity index (χ1n) is 6.79. The average molecular weight is 359 g/mol. The Hall–Kier alpha value is -2.53. The van der Waals surface area contributed by atoms with E-state index < -0.39 is 32.9 Å². The van der Waals surface area contributed by atoms with Gasteiger partial charge in [0.15, 0.2) is 0 Å². The molecule has 0 aliphatic rings. The first-order valence-corrected chi connectivity index (χ1v) is 8.27. The van der Waals surface area contributed by atoms with Crippen molar-refractivity contribution in [3.63, 3.8) is 0 Å². The standard InChI is InChI=1S/C13H17N3O7S/c1-9(13(18)19)15(2)12(17)7-8-14-24(22,23)11-5-3-10(4-6-11)16(20)21/h3-6,9,14H,7-8H2,1-2H3,(H,18,19). The van der Waals surface area contributed by atoms with Crippen molar-refractivity contribution in [2.75, 3.05) is 13.6 Å². The number of amides is 1. The molecule has 1 aromatic carbocycles. The van der Waals surface area contributed by atoms with Gasteiger partial charge in [-0.1, -0.05) is 0 Å². The Balaban J connectivity index is 2.64. The SMILES string of the molecule is CC(C(=O)O)N(C)C(=O)CCNS(=O)(=O)c1ccc([N+](=O)[O-])cc1. The van der Waals surface area contributed by atoms with Crippen molar-refractivity contribution in [2.45, 2.75) is 24.3 Å². The molecular formula is C13H17N3O7S. The van der Waals surface area contributed by atoms with Crippen molar-refractivity contribution in [1.29, 1.82) is 0 Å². The van der Waals surface area contributed by atoms with Gasteiger partial charge in [-0.3, -0.25) is 14.9 Å². The molecule has 0 aliphatic carbocycles. The third-order valence-corrected chi connectivity index (χ3v) is 4.80. The van der Waals surface area contributed by atoms with E-state index in [1.54, 1.807) is 0 Å². The van der Waals surface area contributed by atoms with Crippen LogP contribution >= 0.6 is 0 Å². The number of aliphatic carboxylic acids is 1. The highest BCUT2D eigenvalue weighted by Crippen LogP contribution is 2.15. The van der Waals surface area contributed by atoms with Crippen molar-refractivity contribution in [3.05, 3.63) is 34.4 Å². The number of carboxylic acids is 1. The second kappa shape index (κ2) is 7.84. The molecule has 0 aliphatic heterocycles. The number of hydrogen-bond donors (Lipinski definition) is 2. The van der Waals surface area contributed by atoms with Gasteiger partial charge in [0.25, 0.3) is 5.69 Å². The second-order valence-electron chi connectivity index (χ2n) is 4.92. The van der Waals surface area contributed by atoms with Crippen LogP contribution in [0.5, 0.6) is 0 Å². The summed E-state index contributed by atoms with van der Waals surface area (Å²) in [5.41, 5.74) is -0.242. The molecule has 2 N–H and O–H groups in total. The van der Waals surface area contributed by atoms with Gasteiger partial charge in [0.2, 0.25) is 15.9 Å². The predicted molar refractivity (Wildman–Crippen MR) is 82.8 cm³/mol. The molecule has 1 rings (SSSR count). The van der Waals surface area contributed by atoms with Crippen LogP contribution in [0.25, 0.3) is 0 Å². The van der Waals surface area contributed by atoms with Gasteiger partial charge in [-0.2, -0.15) is 0 Å². The molecule has 0 bridgehead atoms. The van der Waals surface area contributed by atoms with E-state index in [4.69, 9.17) is 5.11 Å². The van der Waals surface area contributed by atoms with E-state index in [1.165, 1.54) is 14.0 Å². The largest absolute Gasteiger partial charge is 0.480 e. The number of nitrogens with zero attached hydrogens (tertiary/aromatic N) is 2. The summed E-state index contributed by atoms with van der Waals surface area (Å²) in [6.07, 6.45) is -0.222. The number of carbonyl (C=O) groups excluding carboxylic acids is 1. The van der Waals surface area contributed by atoms with E-state index >= 15 is 0 Å². The van der Waals surface area contributed by atoms with Gasteiger partial charge in [-0.05, 0) is 19.1 Å². The van der Waals surface area contributed by atoms with Crippen molar-refractivity contribution >= 4 is 27.6 Å². The zero-order valence-electron chi connectivity index (χ0n) is 13.0. The Bertz CT molecular complexity index is 730. The van der Waals surface area contributed by atoms with Gasteiger partial charge in [0.05, 0.1) is 9.82 Å². The molecule has 1 aromatic rings.